The van der Waals surface area contributed by atoms with Gasteiger partial charge in [0, 0.05) is 11.3 Å². The van der Waals surface area contributed by atoms with Crippen molar-refractivity contribution in [3.05, 3.63) is 45.1 Å². The zero-order valence-corrected chi connectivity index (χ0v) is 12.2. The first kappa shape index (κ1) is 12.7. The van der Waals surface area contributed by atoms with Gasteiger partial charge in [0.2, 0.25) is 0 Å². The van der Waals surface area contributed by atoms with Crippen LogP contribution in [0.25, 0.3) is 0 Å². The van der Waals surface area contributed by atoms with E-state index in [-0.39, 0.29) is 15.9 Å². The zero-order valence-electron chi connectivity index (χ0n) is 9.82. The number of amides is 1. The molecule has 1 saturated carbocycles. The fourth-order valence-corrected chi connectivity index (χ4v) is 2.99. The Bertz CT molecular complexity index is 639. The lowest BCUT2D eigenvalue weighted by Gasteiger charge is -2.04. The lowest BCUT2D eigenvalue weighted by Crippen LogP contribution is -2.13. The maximum atomic E-state index is 13.4. The maximum absolute atomic E-state index is 13.4. The van der Waals surface area contributed by atoms with Crippen LogP contribution in [0.2, 0.25) is 0 Å². The Labute approximate surface area is 122 Å². The van der Waals surface area contributed by atoms with E-state index in [4.69, 9.17) is 0 Å². The molecule has 0 spiro atoms. The Morgan fingerprint density at radius 2 is 2.26 bits per heavy atom. The third-order valence-corrected chi connectivity index (χ3v) is 4.52. The standard InChI is InChI=1S/C13H10BrFN2OS/c14-11-8(2-1-3-9(11)15)12(18)17-13-16-10(6-19-13)7-4-5-7/h1-3,6-7H,4-5H2,(H,16,17,18). The Morgan fingerprint density at radius 1 is 1.47 bits per heavy atom. The number of carbonyl (C=O) groups excluding carboxylic acids is 1. The van der Waals surface area contributed by atoms with Gasteiger partial charge in [-0.1, -0.05) is 6.07 Å². The monoisotopic (exact) mass is 340 g/mol. The molecular formula is C13H10BrFN2OS. The van der Waals surface area contributed by atoms with Crippen molar-refractivity contribution in [1.29, 1.82) is 0 Å². The summed E-state index contributed by atoms with van der Waals surface area (Å²) in [6, 6.07) is 4.37. The smallest absolute Gasteiger partial charge is 0.258 e. The summed E-state index contributed by atoms with van der Waals surface area (Å²) >= 11 is 4.48. The summed E-state index contributed by atoms with van der Waals surface area (Å²) in [4.78, 5) is 16.4. The lowest BCUT2D eigenvalue weighted by molar-refractivity contribution is 0.102. The van der Waals surface area contributed by atoms with Gasteiger partial charge in [0.05, 0.1) is 15.7 Å². The molecule has 0 bridgehead atoms. The van der Waals surface area contributed by atoms with Crippen LogP contribution in [0.5, 0.6) is 0 Å². The van der Waals surface area contributed by atoms with Crippen molar-refractivity contribution >= 4 is 38.3 Å². The number of nitrogens with one attached hydrogen (secondary N) is 1. The molecule has 98 valence electrons. The minimum Gasteiger partial charge on any atom is -0.298 e. The predicted octanol–water partition coefficient (Wildman–Crippen LogP) is 4.17. The van der Waals surface area contributed by atoms with Crippen molar-refractivity contribution in [2.75, 3.05) is 5.32 Å². The number of rotatable bonds is 3. The van der Waals surface area contributed by atoms with Crippen LogP contribution >= 0.6 is 27.3 Å². The highest BCUT2D eigenvalue weighted by atomic mass is 79.9. The molecule has 1 aromatic heterocycles. The van der Waals surface area contributed by atoms with Gasteiger partial charge in [-0.25, -0.2) is 9.37 Å². The molecule has 0 unspecified atom stereocenters. The molecule has 1 heterocycles. The van der Waals surface area contributed by atoms with Crippen LogP contribution < -0.4 is 5.32 Å². The molecule has 0 aliphatic heterocycles. The third kappa shape index (κ3) is 2.69. The number of halogens is 2. The molecule has 3 rings (SSSR count). The Balaban J connectivity index is 1.78. The Morgan fingerprint density at radius 3 is 3.00 bits per heavy atom. The van der Waals surface area contributed by atoms with Crippen LogP contribution in [0.1, 0.15) is 34.8 Å². The molecular weight excluding hydrogens is 331 g/mol. The van der Waals surface area contributed by atoms with Gasteiger partial charge in [-0.05, 0) is 40.9 Å². The van der Waals surface area contributed by atoms with Crippen LogP contribution in [-0.2, 0) is 0 Å². The van der Waals surface area contributed by atoms with Crippen molar-refractivity contribution in [3.63, 3.8) is 0 Å². The SMILES string of the molecule is O=C(Nc1nc(C2CC2)cs1)c1cccc(F)c1Br. The van der Waals surface area contributed by atoms with Crippen LogP contribution in [0.15, 0.2) is 28.1 Å². The summed E-state index contributed by atoms with van der Waals surface area (Å²) < 4.78 is 13.5. The number of aromatic nitrogens is 1. The Hall–Kier alpha value is -1.27. The fraction of sp³-hybridized carbons (Fsp3) is 0.231. The molecule has 2 aromatic rings. The summed E-state index contributed by atoms with van der Waals surface area (Å²) in [5.74, 6) is -0.253. The molecule has 1 aliphatic rings. The lowest BCUT2D eigenvalue weighted by atomic mass is 10.2. The number of hydrogen-bond donors (Lipinski definition) is 1. The van der Waals surface area contributed by atoms with E-state index in [1.165, 1.54) is 36.3 Å². The number of carbonyl (C=O) groups is 1. The molecule has 3 nitrogen and oxygen atoms in total. The number of hydrogen-bond acceptors (Lipinski definition) is 3. The summed E-state index contributed by atoms with van der Waals surface area (Å²) in [5, 5.41) is 5.23. The maximum Gasteiger partial charge on any atom is 0.258 e. The molecule has 6 heteroatoms. The second-order valence-corrected chi connectivity index (χ2v) is 6.06. The van der Waals surface area contributed by atoms with E-state index in [1.54, 1.807) is 6.07 Å². The molecule has 1 aliphatic carbocycles. The topological polar surface area (TPSA) is 42.0 Å². The van der Waals surface area contributed by atoms with E-state index in [0.29, 0.717) is 11.0 Å². The van der Waals surface area contributed by atoms with Crippen molar-refractivity contribution < 1.29 is 9.18 Å². The van der Waals surface area contributed by atoms with Crippen molar-refractivity contribution in [3.8, 4) is 0 Å². The zero-order chi connectivity index (χ0) is 13.4. The van der Waals surface area contributed by atoms with Crippen LogP contribution in [0, 0.1) is 5.82 Å². The minimum atomic E-state index is -0.453. The summed E-state index contributed by atoms with van der Waals surface area (Å²) in [7, 11) is 0. The highest BCUT2D eigenvalue weighted by molar-refractivity contribution is 9.10. The van der Waals surface area contributed by atoms with Gasteiger partial charge < -0.3 is 0 Å². The normalized spacial score (nSPS) is 14.4. The first-order valence-corrected chi connectivity index (χ1v) is 7.53. The van der Waals surface area contributed by atoms with E-state index in [0.717, 1.165) is 5.69 Å². The largest absolute Gasteiger partial charge is 0.298 e. The predicted molar refractivity (Wildman–Crippen MR) is 76.1 cm³/mol. The minimum absolute atomic E-state index is 0.173. The van der Waals surface area contributed by atoms with Crippen LogP contribution in [-0.4, -0.2) is 10.9 Å². The van der Waals surface area contributed by atoms with E-state index in [1.807, 2.05) is 5.38 Å². The second-order valence-electron chi connectivity index (χ2n) is 4.41. The van der Waals surface area contributed by atoms with Crippen molar-refractivity contribution in [1.82, 2.24) is 4.98 Å². The van der Waals surface area contributed by atoms with E-state index in [9.17, 15) is 9.18 Å². The molecule has 1 amide bonds. The van der Waals surface area contributed by atoms with Gasteiger partial charge >= 0.3 is 0 Å². The van der Waals surface area contributed by atoms with Gasteiger partial charge in [-0.3, -0.25) is 10.1 Å². The first-order valence-electron chi connectivity index (χ1n) is 5.86. The van der Waals surface area contributed by atoms with Crippen LogP contribution in [0.3, 0.4) is 0 Å². The number of benzene rings is 1. The average molecular weight is 341 g/mol. The van der Waals surface area contributed by atoms with Crippen LogP contribution in [0.4, 0.5) is 9.52 Å². The molecule has 0 radical (unpaired) electrons. The fourth-order valence-electron chi connectivity index (χ4n) is 1.75. The number of anilines is 1. The van der Waals surface area contributed by atoms with E-state index < -0.39 is 5.82 Å². The Kier molecular flexibility index (Phi) is 3.36. The van der Waals surface area contributed by atoms with Gasteiger partial charge in [0.1, 0.15) is 5.82 Å². The number of nitrogens with zero attached hydrogens (tertiary/aromatic N) is 1. The molecule has 0 atom stereocenters. The average Bonchev–Trinajstić information content (AvgIpc) is 3.14. The summed E-state index contributed by atoms with van der Waals surface area (Å²) in [6.07, 6.45) is 2.35. The summed E-state index contributed by atoms with van der Waals surface area (Å²) in [6.45, 7) is 0. The summed E-state index contributed by atoms with van der Waals surface area (Å²) in [5.41, 5.74) is 1.31. The molecule has 0 saturated heterocycles. The van der Waals surface area contributed by atoms with Gasteiger partial charge in [0.15, 0.2) is 5.13 Å². The van der Waals surface area contributed by atoms with Gasteiger partial charge in [-0.2, -0.15) is 0 Å². The van der Waals surface area contributed by atoms with Gasteiger partial charge in [-0.15, -0.1) is 11.3 Å². The second kappa shape index (κ2) is 5.02. The molecule has 1 N–H and O–H groups in total. The molecule has 1 fully saturated rings. The van der Waals surface area contributed by atoms with E-state index >= 15 is 0 Å². The highest BCUT2D eigenvalue weighted by Gasteiger charge is 2.26. The molecule has 1 aromatic carbocycles. The van der Waals surface area contributed by atoms with E-state index in [2.05, 4.69) is 26.2 Å². The third-order valence-electron chi connectivity index (χ3n) is 2.93. The quantitative estimate of drug-likeness (QED) is 0.910. The van der Waals surface area contributed by atoms with Crippen molar-refractivity contribution in [2.45, 2.75) is 18.8 Å². The number of thiazole rings is 1. The first-order chi connectivity index (χ1) is 9.15. The van der Waals surface area contributed by atoms with Crippen molar-refractivity contribution in [2.24, 2.45) is 0 Å². The van der Waals surface area contributed by atoms with Gasteiger partial charge in [0.25, 0.3) is 5.91 Å². The molecule has 19 heavy (non-hydrogen) atoms. The highest BCUT2D eigenvalue weighted by Crippen LogP contribution is 2.40.